The number of benzene rings is 1. The predicted octanol–water partition coefficient (Wildman–Crippen LogP) is 3.01. The fourth-order valence-corrected chi connectivity index (χ4v) is 3.36. The molecule has 1 saturated heterocycles. The third kappa shape index (κ3) is 2.35. The maximum absolute atomic E-state index is 10.4. The summed E-state index contributed by atoms with van der Waals surface area (Å²) in [5.74, 6) is 0.786. The van der Waals surface area contributed by atoms with Crippen LogP contribution in [0.4, 0.5) is 0 Å². The average Bonchev–Trinajstić information content (AvgIpc) is 2.74. The van der Waals surface area contributed by atoms with Crippen LogP contribution in [0.25, 0.3) is 0 Å². The lowest BCUT2D eigenvalue weighted by Gasteiger charge is -2.38. The van der Waals surface area contributed by atoms with E-state index in [2.05, 4.69) is 18.7 Å². The predicted molar refractivity (Wildman–Crippen MR) is 75.7 cm³/mol. The number of rotatable bonds is 1. The number of ether oxygens (including phenoxy) is 1. The molecule has 0 bridgehead atoms. The van der Waals surface area contributed by atoms with E-state index < -0.39 is 6.10 Å². The molecule has 3 rings (SSSR count). The molecule has 0 radical (unpaired) electrons. The van der Waals surface area contributed by atoms with Gasteiger partial charge in [-0.3, -0.25) is 4.90 Å². The summed E-state index contributed by atoms with van der Waals surface area (Å²) in [4.78, 5) is 2.41. The molecular formula is C15H20ClNO2. The van der Waals surface area contributed by atoms with Gasteiger partial charge in [-0.1, -0.05) is 11.6 Å². The summed E-state index contributed by atoms with van der Waals surface area (Å²) < 4.78 is 6.23. The van der Waals surface area contributed by atoms with Gasteiger partial charge in [-0.2, -0.15) is 0 Å². The van der Waals surface area contributed by atoms with E-state index in [1.54, 1.807) is 0 Å². The van der Waals surface area contributed by atoms with Crippen molar-refractivity contribution in [1.82, 2.24) is 4.90 Å². The zero-order valence-electron chi connectivity index (χ0n) is 11.4. The first-order chi connectivity index (χ1) is 8.99. The van der Waals surface area contributed by atoms with Crippen LogP contribution in [0.15, 0.2) is 18.2 Å². The molecule has 1 spiro atoms. The number of halogens is 1. The Bertz CT molecular complexity index is 491. The smallest absolute Gasteiger partial charge is 0.126 e. The Labute approximate surface area is 119 Å². The van der Waals surface area contributed by atoms with Crippen LogP contribution in [0.5, 0.6) is 5.75 Å². The van der Waals surface area contributed by atoms with Crippen LogP contribution >= 0.6 is 11.6 Å². The topological polar surface area (TPSA) is 32.7 Å². The molecule has 0 amide bonds. The molecule has 0 saturated carbocycles. The van der Waals surface area contributed by atoms with Crippen molar-refractivity contribution in [2.45, 2.75) is 44.4 Å². The van der Waals surface area contributed by atoms with Gasteiger partial charge in [0.2, 0.25) is 0 Å². The van der Waals surface area contributed by atoms with E-state index in [9.17, 15) is 5.11 Å². The van der Waals surface area contributed by atoms with Gasteiger partial charge in [0.1, 0.15) is 11.4 Å². The Kier molecular flexibility index (Phi) is 3.24. The van der Waals surface area contributed by atoms with Crippen LogP contribution in [0.2, 0.25) is 5.02 Å². The highest BCUT2D eigenvalue weighted by Gasteiger charge is 2.46. The van der Waals surface area contributed by atoms with Crippen molar-refractivity contribution < 1.29 is 9.84 Å². The van der Waals surface area contributed by atoms with Gasteiger partial charge in [0.05, 0.1) is 6.10 Å². The Hall–Kier alpha value is -0.770. The number of nitrogens with zero attached hydrogens (tertiary/aromatic N) is 1. The van der Waals surface area contributed by atoms with E-state index in [1.807, 2.05) is 18.2 Å². The van der Waals surface area contributed by atoms with E-state index >= 15 is 0 Å². The van der Waals surface area contributed by atoms with Crippen LogP contribution in [0, 0.1) is 0 Å². The largest absolute Gasteiger partial charge is 0.485 e. The maximum atomic E-state index is 10.4. The van der Waals surface area contributed by atoms with E-state index in [4.69, 9.17) is 16.3 Å². The lowest BCUT2D eigenvalue weighted by molar-refractivity contribution is -0.00887. The van der Waals surface area contributed by atoms with Gasteiger partial charge in [-0.05, 0) is 32.0 Å². The van der Waals surface area contributed by atoms with Crippen molar-refractivity contribution in [2.75, 3.05) is 13.1 Å². The second-order valence-corrected chi connectivity index (χ2v) is 6.44. The SMILES string of the molecule is CC(C)N1CCC2(C[C@H](O)c3cc(Cl)ccc3O2)C1. The second kappa shape index (κ2) is 4.65. The van der Waals surface area contributed by atoms with Crippen molar-refractivity contribution in [2.24, 2.45) is 0 Å². The van der Waals surface area contributed by atoms with Gasteiger partial charge >= 0.3 is 0 Å². The van der Waals surface area contributed by atoms with E-state index in [-0.39, 0.29) is 5.60 Å². The molecule has 1 fully saturated rings. The molecule has 19 heavy (non-hydrogen) atoms. The number of aliphatic hydroxyl groups is 1. The van der Waals surface area contributed by atoms with Crippen LogP contribution in [0.1, 0.15) is 38.4 Å². The summed E-state index contributed by atoms with van der Waals surface area (Å²) in [5.41, 5.74) is 0.589. The Morgan fingerprint density at radius 2 is 2.26 bits per heavy atom. The number of hydrogen-bond donors (Lipinski definition) is 1. The summed E-state index contributed by atoms with van der Waals surface area (Å²) in [6.45, 7) is 6.33. The van der Waals surface area contributed by atoms with Crippen molar-refractivity contribution in [3.05, 3.63) is 28.8 Å². The summed E-state index contributed by atoms with van der Waals surface area (Å²) in [6, 6.07) is 6.02. The molecule has 2 atom stereocenters. The number of aliphatic hydroxyl groups excluding tert-OH is 1. The average molecular weight is 282 g/mol. The number of likely N-dealkylation sites (tertiary alicyclic amines) is 1. The molecule has 2 aliphatic rings. The molecule has 1 N–H and O–H groups in total. The Morgan fingerprint density at radius 3 is 2.95 bits per heavy atom. The van der Waals surface area contributed by atoms with E-state index in [0.29, 0.717) is 17.5 Å². The van der Waals surface area contributed by atoms with Crippen molar-refractivity contribution in [3.63, 3.8) is 0 Å². The molecule has 2 heterocycles. The first-order valence-electron chi connectivity index (χ1n) is 6.90. The fourth-order valence-electron chi connectivity index (χ4n) is 3.18. The first-order valence-corrected chi connectivity index (χ1v) is 7.27. The van der Waals surface area contributed by atoms with Gasteiger partial charge in [0.25, 0.3) is 0 Å². The molecule has 1 aromatic rings. The molecule has 1 aromatic carbocycles. The van der Waals surface area contributed by atoms with Crippen LogP contribution in [0.3, 0.4) is 0 Å². The lowest BCUT2D eigenvalue weighted by atomic mass is 9.88. The highest BCUT2D eigenvalue weighted by atomic mass is 35.5. The molecule has 2 aliphatic heterocycles. The standard InChI is InChI=1S/C15H20ClNO2/c1-10(2)17-6-5-15(9-17)8-13(18)12-7-11(16)3-4-14(12)19-15/h3-4,7,10,13,18H,5-6,8-9H2,1-2H3/t13-,15?/m0/s1. The lowest BCUT2D eigenvalue weighted by Crippen LogP contribution is -2.44. The fraction of sp³-hybridized carbons (Fsp3) is 0.600. The summed E-state index contributed by atoms with van der Waals surface area (Å²) in [5, 5.41) is 11.0. The Balaban J connectivity index is 1.87. The minimum atomic E-state index is -0.477. The highest BCUT2D eigenvalue weighted by molar-refractivity contribution is 6.30. The summed E-state index contributed by atoms with van der Waals surface area (Å²) >= 11 is 5.98. The van der Waals surface area contributed by atoms with Gasteiger partial charge in [-0.15, -0.1) is 0 Å². The monoisotopic (exact) mass is 281 g/mol. The van der Waals surface area contributed by atoms with E-state index in [1.165, 1.54) is 0 Å². The molecule has 0 aromatic heterocycles. The molecule has 3 nitrogen and oxygen atoms in total. The van der Waals surface area contributed by atoms with Crippen LogP contribution in [-0.4, -0.2) is 34.7 Å². The third-order valence-corrected chi connectivity index (χ3v) is 4.53. The zero-order valence-corrected chi connectivity index (χ0v) is 12.2. The van der Waals surface area contributed by atoms with Crippen molar-refractivity contribution in [1.29, 1.82) is 0 Å². The molecule has 4 heteroatoms. The molecular weight excluding hydrogens is 262 g/mol. The van der Waals surface area contributed by atoms with Crippen molar-refractivity contribution in [3.8, 4) is 5.75 Å². The van der Waals surface area contributed by atoms with Gasteiger partial charge in [-0.25, -0.2) is 0 Å². The number of fused-ring (bicyclic) bond motifs is 1. The molecule has 0 aliphatic carbocycles. The minimum Gasteiger partial charge on any atom is -0.485 e. The minimum absolute atomic E-state index is 0.232. The van der Waals surface area contributed by atoms with Gasteiger partial charge in [0.15, 0.2) is 0 Å². The van der Waals surface area contributed by atoms with Gasteiger partial charge < -0.3 is 9.84 Å². The zero-order chi connectivity index (χ0) is 13.6. The summed E-state index contributed by atoms with van der Waals surface area (Å²) in [6.07, 6.45) is 1.16. The number of hydrogen-bond acceptors (Lipinski definition) is 3. The first kappa shape index (κ1) is 13.2. The molecule has 1 unspecified atom stereocenters. The quantitative estimate of drug-likeness (QED) is 0.859. The summed E-state index contributed by atoms with van der Waals surface area (Å²) in [7, 11) is 0. The second-order valence-electron chi connectivity index (χ2n) is 6.00. The Morgan fingerprint density at radius 1 is 1.47 bits per heavy atom. The van der Waals surface area contributed by atoms with Gasteiger partial charge in [0, 0.05) is 42.6 Å². The van der Waals surface area contributed by atoms with Crippen LogP contribution in [-0.2, 0) is 0 Å². The van der Waals surface area contributed by atoms with Crippen LogP contribution < -0.4 is 4.74 Å². The van der Waals surface area contributed by atoms with Crippen molar-refractivity contribution >= 4 is 11.6 Å². The maximum Gasteiger partial charge on any atom is 0.126 e. The van der Waals surface area contributed by atoms with E-state index in [0.717, 1.165) is 30.8 Å². The molecule has 104 valence electrons. The normalized spacial score (nSPS) is 30.7. The third-order valence-electron chi connectivity index (χ3n) is 4.30. The highest BCUT2D eigenvalue weighted by Crippen LogP contribution is 2.44.